The van der Waals surface area contributed by atoms with Gasteiger partial charge in [0.15, 0.2) is 0 Å². The number of aromatic nitrogens is 3. The molecule has 0 aliphatic heterocycles. The molecule has 4 aromatic rings. The highest BCUT2D eigenvalue weighted by molar-refractivity contribution is 7.92. The molecule has 0 radical (unpaired) electrons. The molecule has 5 rings (SSSR count). The van der Waals surface area contributed by atoms with E-state index in [1.165, 1.54) is 12.1 Å². The minimum Gasteiger partial charge on any atom is -0.383 e. The number of anilines is 2. The molecular weight excluding hydrogens is 629 g/mol. The van der Waals surface area contributed by atoms with E-state index >= 15 is 8.78 Å². The van der Waals surface area contributed by atoms with Crippen LogP contribution in [0.2, 0.25) is 0 Å². The zero-order chi connectivity index (χ0) is 32.3. The number of halogens is 4. The van der Waals surface area contributed by atoms with E-state index in [4.69, 9.17) is 22.1 Å². The molecule has 2 aromatic carbocycles. The van der Waals surface area contributed by atoms with Crippen molar-refractivity contribution >= 4 is 44.0 Å². The van der Waals surface area contributed by atoms with Crippen LogP contribution in [-0.4, -0.2) is 54.9 Å². The number of hydrogen-bond acceptors (Lipinski definition) is 7. The molecule has 9 nitrogen and oxygen atoms in total. The molecule has 0 spiro atoms. The van der Waals surface area contributed by atoms with Crippen LogP contribution in [0.3, 0.4) is 0 Å². The standard InChI is InChI=1S/C31H36ClF3N6O3S/c1-18(2)41-30-22(19-7-9-20(10-8-19)37-12-14-44-13-11-32)17-38-31(36)28(30)29(39-41)21-15-25(35)26(16-24(21)34)40-45(42,43)27-6-4-3-5-23(27)33/h3-6,15-20,37,40H,7-14H2,1-2H3,(H2,36,38)/t19-,20-. The summed E-state index contributed by atoms with van der Waals surface area (Å²) in [7, 11) is -4.54. The van der Waals surface area contributed by atoms with Gasteiger partial charge in [0, 0.05) is 42.3 Å². The van der Waals surface area contributed by atoms with E-state index in [0.29, 0.717) is 42.1 Å². The zero-order valence-electron chi connectivity index (χ0n) is 25.0. The summed E-state index contributed by atoms with van der Waals surface area (Å²) in [6, 6.07) is 6.42. The summed E-state index contributed by atoms with van der Waals surface area (Å²) in [6.07, 6.45) is 5.41. The molecule has 4 N–H and O–H groups in total. The first-order valence-corrected chi connectivity index (χ1v) is 16.8. The first-order chi connectivity index (χ1) is 21.5. The van der Waals surface area contributed by atoms with Crippen molar-refractivity contribution in [3.05, 3.63) is 65.6 Å². The van der Waals surface area contributed by atoms with E-state index in [1.807, 2.05) is 18.6 Å². The summed E-state index contributed by atoms with van der Waals surface area (Å²) in [5, 5.41) is 8.62. The van der Waals surface area contributed by atoms with E-state index < -0.39 is 38.1 Å². The number of ether oxygens (including phenoxy) is 1. The second-order valence-corrected chi connectivity index (χ2v) is 13.4. The van der Waals surface area contributed by atoms with Gasteiger partial charge in [-0.2, -0.15) is 5.10 Å². The quantitative estimate of drug-likeness (QED) is 0.119. The smallest absolute Gasteiger partial charge is 0.264 e. The van der Waals surface area contributed by atoms with Gasteiger partial charge in [0.25, 0.3) is 10.0 Å². The first-order valence-electron chi connectivity index (χ1n) is 14.8. The normalized spacial score (nSPS) is 17.3. The van der Waals surface area contributed by atoms with Crippen LogP contribution in [0.25, 0.3) is 22.2 Å². The highest BCUT2D eigenvalue weighted by Crippen LogP contribution is 2.42. The van der Waals surface area contributed by atoms with Gasteiger partial charge in [0.05, 0.1) is 29.8 Å². The number of pyridine rings is 1. The molecule has 1 saturated carbocycles. The molecular formula is C31H36ClF3N6O3S. The summed E-state index contributed by atoms with van der Waals surface area (Å²) in [4.78, 5) is 3.74. The Balaban J connectivity index is 1.46. The number of rotatable bonds is 12. The second-order valence-electron chi connectivity index (χ2n) is 11.4. The van der Waals surface area contributed by atoms with Gasteiger partial charge >= 0.3 is 0 Å². The Kier molecular flexibility index (Phi) is 10.2. The number of alkyl halides is 1. The highest BCUT2D eigenvalue weighted by atomic mass is 35.5. The second kappa shape index (κ2) is 13.9. The molecule has 1 fully saturated rings. The van der Waals surface area contributed by atoms with Gasteiger partial charge in [0.1, 0.15) is 33.9 Å². The molecule has 0 bridgehead atoms. The van der Waals surface area contributed by atoms with Crippen LogP contribution in [0.1, 0.15) is 57.1 Å². The first kappa shape index (κ1) is 33.0. The fraction of sp³-hybridized carbons (Fsp3) is 0.419. The summed E-state index contributed by atoms with van der Waals surface area (Å²) < 4.78 is 79.9. The third-order valence-corrected chi connectivity index (χ3v) is 9.58. The van der Waals surface area contributed by atoms with Gasteiger partial charge in [-0.1, -0.05) is 12.1 Å². The molecule has 2 heterocycles. The number of nitrogen functional groups attached to an aromatic ring is 1. The van der Waals surface area contributed by atoms with Crippen molar-refractivity contribution in [3.8, 4) is 11.3 Å². The summed E-state index contributed by atoms with van der Waals surface area (Å²) in [6.45, 7) is 5.73. The van der Waals surface area contributed by atoms with Gasteiger partial charge in [-0.25, -0.2) is 26.6 Å². The Morgan fingerprint density at radius 3 is 2.49 bits per heavy atom. The van der Waals surface area contributed by atoms with Crippen LogP contribution >= 0.6 is 11.6 Å². The van der Waals surface area contributed by atoms with E-state index in [-0.39, 0.29) is 29.0 Å². The number of sulfonamides is 1. The molecule has 0 amide bonds. The molecule has 242 valence electrons. The van der Waals surface area contributed by atoms with E-state index in [1.54, 1.807) is 10.9 Å². The number of benzene rings is 2. The van der Waals surface area contributed by atoms with Crippen LogP contribution < -0.4 is 15.8 Å². The molecule has 2 aromatic heterocycles. The predicted molar refractivity (Wildman–Crippen MR) is 169 cm³/mol. The van der Waals surface area contributed by atoms with Gasteiger partial charge in [-0.15, -0.1) is 11.6 Å². The lowest BCUT2D eigenvalue weighted by Gasteiger charge is -2.30. The monoisotopic (exact) mass is 664 g/mol. The van der Waals surface area contributed by atoms with Gasteiger partial charge in [-0.05, 0) is 69.2 Å². The molecule has 1 aliphatic carbocycles. The summed E-state index contributed by atoms with van der Waals surface area (Å²) in [5.41, 5.74) is 7.22. The number of nitrogens with two attached hydrogens (primary N) is 1. The number of nitrogens with one attached hydrogen (secondary N) is 2. The lowest BCUT2D eigenvalue weighted by atomic mass is 9.81. The largest absolute Gasteiger partial charge is 0.383 e. The van der Waals surface area contributed by atoms with Crippen molar-refractivity contribution in [2.75, 3.05) is 36.1 Å². The molecule has 14 heteroatoms. The number of nitrogens with zero attached hydrogens (tertiary/aromatic N) is 3. The lowest BCUT2D eigenvalue weighted by molar-refractivity contribution is 0.146. The van der Waals surface area contributed by atoms with Crippen molar-refractivity contribution in [2.45, 2.75) is 62.4 Å². The van der Waals surface area contributed by atoms with Crippen molar-refractivity contribution < 1.29 is 26.3 Å². The third-order valence-electron chi connectivity index (χ3n) is 8.02. The molecule has 0 unspecified atom stereocenters. The maximum Gasteiger partial charge on any atom is 0.264 e. The van der Waals surface area contributed by atoms with Crippen molar-refractivity contribution in [1.82, 2.24) is 20.1 Å². The predicted octanol–water partition coefficient (Wildman–Crippen LogP) is 6.35. The SMILES string of the molecule is CC(C)n1nc(-c2cc(F)c(NS(=O)(=O)c3ccccc3F)cc2F)c2c(N)ncc([C@H]3CC[C@H](NCCOCCCl)CC3)c21. The van der Waals surface area contributed by atoms with Gasteiger partial charge in [-0.3, -0.25) is 9.40 Å². The fourth-order valence-corrected chi connectivity index (χ4v) is 7.10. The molecule has 0 atom stereocenters. The van der Waals surface area contributed by atoms with Gasteiger partial charge < -0.3 is 15.8 Å². The maximum absolute atomic E-state index is 15.7. The summed E-state index contributed by atoms with van der Waals surface area (Å²) >= 11 is 5.65. The molecule has 45 heavy (non-hydrogen) atoms. The fourth-order valence-electron chi connectivity index (χ4n) is 5.85. The summed E-state index contributed by atoms with van der Waals surface area (Å²) in [5.74, 6) is -2.29. The van der Waals surface area contributed by atoms with Crippen molar-refractivity contribution in [1.29, 1.82) is 0 Å². The van der Waals surface area contributed by atoms with E-state index in [0.717, 1.165) is 56.0 Å². The molecule has 0 saturated heterocycles. The van der Waals surface area contributed by atoms with Crippen LogP contribution in [0.4, 0.5) is 24.7 Å². The lowest BCUT2D eigenvalue weighted by Crippen LogP contribution is -2.35. The van der Waals surface area contributed by atoms with Crippen LogP contribution in [0.5, 0.6) is 0 Å². The number of hydrogen-bond donors (Lipinski definition) is 3. The minimum absolute atomic E-state index is 0.0951. The topological polar surface area (TPSA) is 124 Å². The average Bonchev–Trinajstić information content (AvgIpc) is 3.41. The Hall–Kier alpha value is -3.39. The van der Waals surface area contributed by atoms with E-state index in [9.17, 15) is 12.8 Å². The maximum atomic E-state index is 15.7. The van der Waals surface area contributed by atoms with Gasteiger partial charge in [0.2, 0.25) is 0 Å². The Morgan fingerprint density at radius 1 is 1.07 bits per heavy atom. The van der Waals surface area contributed by atoms with Crippen LogP contribution in [-0.2, 0) is 14.8 Å². The Morgan fingerprint density at radius 2 is 1.80 bits per heavy atom. The average molecular weight is 665 g/mol. The Labute approximate surface area is 265 Å². The van der Waals surface area contributed by atoms with Crippen molar-refractivity contribution in [2.24, 2.45) is 0 Å². The molecule has 1 aliphatic rings. The zero-order valence-corrected chi connectivity index (χ0v) is 26.6. The minimum atomic E-state index is -4.54. The van der Waals surface area contributed by atoms with Crippen LogP contribution in [0.15, 0.2) is 47.5 Å². The van der Waals surface area contributed by atoms with Crippen LogP contribution in [0, 0.1) is 17.5 Å². The third kappa shape index (κ3) is 7.06. The Bertz CT molecular complexity index is 1780. The van der Waals surface area contributed by atoms with Crippen molar-refractivity contribution in [3.63, 3.8) is 0 Å². The number of fused-ring (bicyclic) bond motifs is 1. The highest BCUT2D eigenvalue weighted by Gasteiger charge is 2.29. The van der Waals surface area contributed by atoms with E-state index in [2.05, 4.69) is 15.4 Å².